The second kappa shape index (κ2) is 8.35. The molecule has 28 heavy (non-hydrogen) atoms. The Balaban J connectivity index is 1.69. The Hall–Kier alpha value is -2.34. The van der Waals surface area contributed by atoms with E-state index in [9.17, 15) is 9.90 Å². The van der Waals surface area contributed by atoms with Gasteiger partial charge in [0.25, 0.3) is 0 Å². The maximum Gasteiger partial charge on any atom is 0.410 e. The van der Waals surface area contributed by atoms with E-state index in [0.29, 0.717) is 30.3 Å². The summed E-state index contributed by atoms with van der Waals surface area (Å²) in [6.07, 6.45) is 1.98. The van der Waals surface area contributed by atoms with Gasteiger partial charge in [0.1, 0.15) is 23.7 Å². The SMILES string of the molecule is CC[C@@](C)(O)c1nc([C@@H]2CC[C@@H](C)N(C(=O)OCc3ccccc3)C2)oc1C. The average Bonchev–Trinajstić information content (AvgIpc) is 3.10. The quantitative estimate of drug-likeness (QED) is 0.818. The minimum Gasteiger partial charge on any atom is -0.445 e. The molecule has 1 aliphatic heterocycles. The minimum atomic E-state index is -1.01. The topological polar surface area (TPSA) is 75.8 Å². The van der Waals surface area contributed by atoms with E-state index in [0.717, 1.165) is 18.4 Å². The molecule has 6 heteroatoms. The van der Waals surface area contributed by atoms with Gasteiger partial charge in [-0.3, -0.25) is 0 Å². The largest absolute Gasteiger partial charge is 0.445 e. The molecule has 2 heterocycles. The number of aryl methyl sites for hydroxylation is 1. The number of carbonyl (C=O) groups excluding carboxylic acids is 1. The second-order valence-electron chi connectivity index (χ2n) is 7.90. The number of nitrogens with zero attached hydrogens (tertiary/aromatic N) is 2. The molecular formula is C22H30N2O4. The van der Waals surface area contributed by atoms with E-state index in [-0.39, 0.29) is 24.7 Å². The number of carbonyl (C=O) groups is 1. The molecule has 0 unspecified atom stereocenters. The summed E-state index contributed by atoms with van der Waals surface area (Å²) in [5.41, 5.74) is 0.538. The smallest absolute Gasteiger partial charge is 0.410 e. The minimum absolute atomic E-state index is 0.000538. The molecule has 1 amide bonds. The highest BCUT2D eigenvalue weighted by molar-refractivity contribution is 5.68. The number of amides is 1. The van der Waals surface area contributed by atoms with E-state index < -0.39 is 5.60 Å². The molecule has 0 bridgehead atoms. The van der Waals surface area contributed by atoms with Crippen molar-refractivity contribution < 1.29 is 19.1 Å². The first-order valence-corrected chi connectivity index (χ1v) is 9.99. The molecule has 1 fully saturated rings. The second-order valence-corrected chi connectivity index (χ2v) is 7.90. The Labute approximate surface area is 166 Å². The zero-order chi connectivity index (χ0) is 20.3. The summed E-state index contributed by atoms with van der Waals surface area (Å²) in [6, 6.07) is 9.77. The summed E-state index contributed by atoms with van der Waals surface area (Å²) in [6.45, 7) is 8.29. The Morgan fingerprint density at radius 2 is 2.07 bits per heavy atom. The number of benzene rings is 1. The third kappa shape index (κ3) is 4.38. The van der Waals surface area contributed by atoms with Gasteiger partial charge >= 0.3 is 6.09 Å². The van der Waals surface area contributed by atoms with Crippen LogP contribution in [0.5, 0.6) is 0 Å². The molecule has 1 saturated heterocycles. The highest BCUT2D eigenvalue weighted by Crippen LogP contribution is 2.34. The van der Waals surface area contributed by atoms with Gasteiger partial charge in [0.15, 0.2) is 5.89 Å². The van der Waals surface area contributed by atoms with Crippen LogP contribution in [0.25, 0.3) is 0 Å². The molecule has 1 aromatic carbocycles. The Morgan fingerprint density at radius 1 is 1.36 bits per heavy atom. The summed E-state index contributed by atoms with van der Waals surface area (Å²) in [5, 5.41) is 10.5. The van der Waals surface area contributed by atoms with Gasteiger partial charge in [-0.25, -0.2) is 9.78 Å². The highest BCUT2D eigenvalue weighted by Gasteiger charge is 2.35. The molecule has 3 rings (SSSR count). The molecule has 0 radical (unpaired) electrons. The van der Waals surface area contributed by atoms with Gasteiger partial charge < -0.3 is 19.2 Å². The number of ether oxygens (including phenoxy) is 1. The van der Waals surface area contributed by atoms with Crippen molar-refractivity contribution >= 4 is 6.09 Å². The zero-order valence-electron chi connectivity index (χ0n) is 17.1. The number of piperidine rings is 1. The summed E-state index contributed by atoms with van der Waals surface area (Å²) >= 11 is 0. The third-order valence-corrected chi connectivity index (χ3v) is 5.68. The first kappa shape index (κ1) is 20.4. The van der Waals surface area contributed by atoms with Crippen molar-refractivity contribution in [2.24, 2.45) is 0 Å². The van der Waals surface area contributed by atoms with Crippen LogP contribution < -0.4 is 0 Å². The van der Waals surface area contributed by atoms with Crippen molar-refractivity contribution in [1.82, 2.24) is 9.88 Å². The van der Waals surface area contributed by atoms with Gasteiger partial charge in [0.05, 0.1) is 5.92 Å². The standard InChI is InChI=1S/C22H30N2O4/c1-5-22(4,26)19-16(3)28-20(23-19)18-12-11-15(2)24(13-18)21(25)27-14-17-9-7-6-8-10-17/h6-10,15,18,26H,5,11-14H2,1-4H3/t15-,18-,22-/m1/s1. The number of hydrogen-bond donors (Lipinski definition) is 1. The fourth-order valence-electron chi connectivity index (χ4n) is 3.62. The summed E-state index contributed by atoms with van der Waals surface area (Å²) < 4.78 is 11.4. The van der Waals surface area contributed by atoms with Crippen LogP contribution in [0.3, 0.4) is 0 Å². The molecule has 1 aromatic heterocycles. The van der Waals surface area contributed by atoms with Gasteiger partial charge in [-0.1, -0.05) is 37.3 Å². The van der Waals surface area contributed by atoms with Crippen LogP contribution in [0.2, 0.25) is 0 Å². The van der Waals surface area contributed by atoms with E-state index in [1.54, 1.807) is 11.8 Å². The molecule has 0 spiro atoms. The van der Waals surface area contributed by atoms with Crippen LogP contribution in [0, 0.1) is 6.92 Å². The molecule has 2 aromatic rings. The summed E-state index contributed by atoms with van der Waals surface area (Å²) in [5.74, 6) is 1.23. The van der Waals surface area contributed by atoms with Crippen molar-refractivity contribution in [1.29, 1.82) is 0 Å². The number of rotatable bonds is 5. The fourth-order valence-corrected chi connectivity index (χ4v) is 3.62. The molecule has 1 N–H and O–H groups in total. The van der Waals surface area contributed by atoms with Gasteiger partial charge in [0, 0.05) is 12.6 Å². The predicted molar refractivity (Wildman–Crippen MR) is 106 cm³/mol. The maximum atomic E-state index is 12.6. The van der Waals surface area contributed by atoms with Crippen molar-refractivity contribution in [3.05, 3.63) is 53.2 Å². The average molecular weight is 386 g/mol. The molecule has 6 nitrogen and oxygen atoms in total. The number of aromatic nitrogens is 1. The normalized spacial score (nSPS) is 22.0. The fraction of sp³-hybridized carbons (Fsp3) is 0.545. The monoisotopic (exact) mass is 386 g/mol. The van der Waals surface area contributed by atoms with Crippen molar-refractivity contribution in [3.63, 3.8) is 0 Å². The summed E-state index contributed by atoms with van der Waals surface area (Å²) in [7, 11) is 0. The summed E-state index contributed by atoms with van der Waals surface area (Å²) in [4.78, 5) is 19.0. The van der Waals surface area contributed by atoms with Crippen LogP contribution in [0.4, 0.5) is 4.79 Å². The maximum absolute atomic E-state index is 12.6. The van der Waals surface area contributed by atoms with Crippen molar-refractivity contribution in [2.45, 2.75) is 71.1 Å². The lowest BCUT2D eigenvalue weighted by molar-refractivity contribution is 0.0474. The van der Waals surface area contributed by atoms with Gasteiger partial charge in [-0.05, 0) is 45.6 Å². The Kier molecular flexibility index (Phi) is 6.08. The predicted octanol–water partition coefficient (Wildman–Crippen LogP) is 4.51. The van der Waals surface area contributed by atoms with E-state index in [4.69, 9.17) is 9.15 Å². The molecule has 0 saturated carbocycles. The Morgan fingerprint density at radius 3 is 2.75 bits per heavy atom. The molecule has 152 valence electrons. The van der Waals surface area contributed by atoms with Gasteiger partial charge in [-0.15, -0.1) is 0 Å². The Bertz CT molecular complexity index is 800. The molecular weight excluding hydrogens is 356 g/mol. The van der Waals surface area contributed by atoms with Crippen molar-refractivity contribution in [3.8, 4) is 0 Å². The van der Waals surface area contributed by atoms with Gasteiger partial charge in [0.2, 0.25) is 0 Å². The zero-order valence-corrected chi connectivity index (χ0v) is 17.1. The number of aliphatic hydroxyl groups is 1. The van der Waals surface area contributed by atoms with E-state index in [2.05, 4.69) is 4.98 Å². The highest BCUT2D eigenvalue weighted by atomic mass is 16.6. The van der Waals surface area contributed by atoms with Crippen LogP contribution in [-0.4, -0.2) is 33.7 Å². The van der Waals surface area contributed by atoms with E-state index >= 15 is 0 Å². The van der Waals surface area contributed by atoms with Crippen molar-refractivity contribution in [2.75, 3.05) is 6.54 Å². The van der Waals surface area contributed by atoms with Crippen LogP contribution in [-0.2, 0) is 16.9 Å². The van der Waals surface area contributed by atoms with E-state index in [1.165, 1.54) is 0 Å². The van der Waals surface area contributed by atoms with Crippen LogP contribution in [0.1, 0.15) is 68.9 Å². The number of oxazole rings is 1. The van der Waals surface area contributed by atoms with Crippen LogP contribution in [0.15, 0.2) is 34.7 Å². The van der Waals surface area contributed by atoms with Crippen LogP contribution >= 0.6 is 0 Å². The van der Waals surface area contributed by atoms with Gasteiger partial charge in [-0.2, -0.15) is 0 Å². The lowest BCUT2D eigenvalue weighted by atomic mass is 9.93. The first-order chi connectivity index (χ1) is 13.3. The molecule has 1 aliphatic rings. The number of hydrogen-bond acceptors (Lipinski definition) is 5. The number of likely N-dealkylation sites (tertiary alicyclic amines) is 1. The molecule has 3 atom stereocenters. The van der Waals surface area contributed by atoms with E-state index in [1.807, 2.05) is 51.1 Å². The lowest BCUT2D eigenvalue weighted by Gasteiger charge is -2.36. The molecule has 0 aliphatic carbocycles. The lowest BCUT2D eigenvalue weighted by Crippen LogP contribution is -2.45. The third-order valence-electron chi connectivity index (χ3n) is 5.68. The first-order valence-electron chi connectivity index (χ1n) is 9.99.